The first-order valence-electron chi connectivity index (χ1n) is 21.0. The lowest BCUT2D eigenvalue weighted by Crippen LogP contribution is -2.30. The molecule has 61 heavy (non-hydrogen) atoms. The SMILES string of the molecule is OCCOc1ccc2cc(C3(c4ccc5cc(OCCO)ccc5c4)c4c(cccc4-c4cccc5ccccc45)-c4cccc(-c5cccc6ccccc56)c43)ccc2c1. The molecule has 0 saturated heterocycles. The monoisotopic (exact) mass is 790 g/mol. The Bertz CT molecular complexity index is 3080. The van der Waals surface area contributed by atoms with Crippen LogP contribution in [0.5, 0.6) is 11.5 Å². The van der Waals surface area contributed by atoms with Gasteiger partial charge in [0, 0.05) is 0 Å². The predicted octanol–water partition coefficient (Wildman–Crippen LogP) is 12.7. The van der Waals surface area contributed by atoms with Crippen molar-refractivity contribution < 1.29 is 19.7 Å². The minimum atomic E-state index is -0.799. The second-order valence-electron chi connectivity index (χ2n) is 15.9. The lowest BCUT2D eigenvalue weighted by molar-refractivity contribution is 0.201. The van der Waals surface area contributed by atoms with Gasteiger partial charge in [0.1, 0.15) is 24.7 Å². The van der Waals surface area contributed by atoms with E-state index in [-0.39, 0.29) is 26.4 Å². The molecule has 11 rings (SSSR count). The van der Waals surface area contributed by atoms with Gasteiger partial charge in [-0.1, -0.05) is 158 Å². The van der Waals surface area contributed by atoms with Crippen LogP contribution in [0.4, 0.5) is 0 Å². The molecule has 4 nitrogen and oxygen atoms in total. The average molecular weight is 791 g/mol. The van der Waals surface area contributed by atoms with E-state index < -0.39 is 5.41 Å². The van der Waals surface area contributed by atoms with Crippen LogP contribution in [0, 0.1) is 0 Å². The fourth-order valence-electron chi connectivity index (χ4n) is 10.0. The molecule has 0 amide bonds. The van der Waals surface area contributed by atoms with Crippen LogP contribution < -0.4 is 9.47 Å². The number of aliphatic hydroxyl groups excluding tert-OH is 2. The molecule has 10 aromatic carbocycles. The van der Waals surface area contributed by atoms with Crippen LogP contribution in [0.25, 0.3) is 76.5 Å². The van der Waals surface area contributed by atoms with Gasteiger partial charge in [-0.15, -0.1) is 0 Å². The summed E-state index contributed by atoms with van der Waals surface area (Å²) >= 11 is 0. The first-order valence-corrected chi connectivity index (χ1v) is 21.0. The quantitative estimate of drug-likeness (QED) is 0.145. The van der Waals surface area contributed by atoms with E-state index in [1.807, 2.05) is 12.1 Å². The molecule has 0 aliphatic heterocycles. The van der Waals surface area contributed by atoms with E-state index in [1.165, 1.54) is 66.1 Å². The Labute approximate surface area is 354 Å². The normalized spacial score (nSPS) is 12.8. The maximum Gasteiger partial charge on any atom is 0.120 e. The van der Waals surface area contributed by atoms with Crippen LogP contribution in [-0.4, -0.2) is 36.6 Å². The summed E-state index contributed by atoms with van der Waals surface area (Å²) in [4.78, 5) is 0. The minimum absolute atomic E-state index is 0.0425. The maximum atomic E-state index is 9.50. The summed E-state index contributed by atoms with van der Waals surface area (Å²) in [6, 6.07) is 70.7. The van der Waals surface area contributed by atoms with Crippen molar-refractivity contribution in [3.63, 3.8) is 0 Å². The summed E-state index contributed by atoms with van der Waals surface area (Å²) in [6.45, 7) is 0.397. The largest absolute Gasteiger partial charge is 0.491 e. The summed E-state index contributed by atoms with van der Waals surface area (Å²) in [7, 11) is 0. The highest BCUT2D eigenvalue weighted by atomic mass is 16.5. The number of hydrogen-bond donors (Lipinski definition) is 2. The molecule has 4 heteroatoms. The molecule has 1 aliphatic rings. The van der Waals surface area contributed by atoms with E-state index >= 15 is 0 Å². The zero-order valence-electron chi connectivity index (χ0n) is 33.5. The summed E-state index contributed by atoms with van der Waals surface area (Å²) in [6.07, 6.45) is 0. The predicted molar refractivity (Wildman–Crippen MR) is 250 cm³/mol. The smallest absolute Gasteiger partial charge is 0.120 e. The van der Waals surface area contributed by atoms with E-state index in [0.29, 0.717) is 0 Å². The Hall–Kier alpha value is -7.24. The molecule has 0 atom stereocenters. The van der Waals surface area contributed by atoms with Gasteiger partial charge in [0.05, 0.1) is 18.6 Å². The summed E-state index contributed by atoms with van der Waals surface area (Å²) in [5.41, 5.74) is 11.2. The van der Waals surface area contributed by atoms with Gasteiger partial charge >= 0.3 is 0 Å². The second-order valence-corrected chi connectivity index (χ2v) is 15.9. The van der Waals surface area contributed by atoms with E-state index in [1.54, 1.807) is 0 Å². The molecule has 0 spiro atoms. The number of ether oxygens (including phenoxy) is 2. The van der Waals surface area contributed by atoms with Gasteiger partial charge in [-0.05, 0) is 135 Å². The lowest BCUT2D eigenvalue weighted by Gasteiger charge is -2.37. The van der Waals surface area contributed by atoms with Crippen LogP contribution in [0.15, 0.2) is 194 Å². The first kappa shape index (κ1) is 36.8. The van der Waals surface area contributed by atoms with Gasteiger partial charge in [-0.25, -0.2) is 0 Å². The van der Waals surface area contributed by atoms with Gasteiger partial charge in [0.2, 0.25) is 0 Å². The Kier molecular flexibility index (Phi) is 9.11. The molecule has 0 bridgehead atoms. The number of hydrogen-bond acceptors (Lipinski definition) is 4. The highest BCUT2D eigenvalue weighted by Gasteiger charge is 2.49. The molecule has 0 saturated carbocycles. The fraction of sp³-hybridized carbons (Fsp3) is 0.0877. The van der Waals surface area contributed by atoms with Gasteiger partial charge in [0.25, 0.3) is 0 Å². The topological polar surface area (TPSA) is 58.9 Å². The van der Waals surface area contributed by atoms with Crippen LogP contribution in [0.1, 0.15) is 22.3 Å². The third-order valence-corrected chi connectivity index (χ3v) is 12.5. The molecule has 10 aromatic rings. The van der Waals surface area contributed by atoms with E-state index in [0.717, 1.165) is 44.2 Å². The van der Waals surface area contributed by atoms with Crippen LogP contribution in [0.2, 0.25) is 0 Å². The molecule has 0 unspecified atom stereocenters. The minimum Gasteiger partial charge on any atom is -0.491 e. The van der Waals surface area contributed by atoms with Crippen molar-refractivity contribution >= 4 is 43.1 Å². The van der Waals surface area contributed by atoms with Gasteiger partial charge in [-0.3, -0.25) is 0 Å². The van der Waals surface area contributed by atoms with Gasteiger partial charge < -0.3 is 19.7 Å². The maximum absolute atomic E-state index is 9.50. The molecule has 0 heterocycles. The van der Waals surface area contributed by atoms with Crippen molar-refractivity contribution in [2.75, 3.05) is 26.4 Å². The second kappa shape index (κ2) is 15.1. The zero-order chi connectivity index (χ0) is 40.9. The van der Waals surface area contributed by atoms with E-state index in [2.05, 4.69) is 182 Å². The Morgan fingerprint density at radius 3 is 1.15 bits per heavy atom. The number of rotatable bonds is 10. The average Bonchev–Trinajstić information content (AvgIpc) is 3.63. The third kappa shape index (κ3) is 5.98. The van der Waals surface area contributed by atoms with Crippen molar-refractivity contribution in [1.82, 2.24) is 0 Å². The van der Waals surface area contributed by atoms with Crippen molar-refractivity contribution in [3.8, 4) is 44.9 Å². The number of fused-ring (bicyclic) bond motifs is 7. The molecule has 1 aliphatic carbocycles. The molecule has 294 valence electrons. The summed E-state index contributed by atoms with van der Waals surface area (Å²) < 4.78 is 11.7. The first-order chi connectivity index (χ1) is 30.1. The Balaban J connectivity index is 1.29. The summed E-state index contributed by atoms with van der Waals surface area (Å²) in [5.74, 6) is 1.46. The standard InChI is InChI=1S/C57H42O4/c58-29-31-60-45-27-23-39-33-43(25-21-41(39)35-45)57(44-26-22-42-36-46(61-32-30-59)28-24-40(42)34-44)55-51(49-15-5-11-37-9-1-3-13-47(37)49)17-7-19-53(55)54-20-8-18-52(56(54)57)50-16-6-12-38-10-2-4-14-48(38)50/h1-28,33-36,58-59H,29-32H2. The molecule has 0 aromatic heterocycles. The molecule has 2 N–H and O–H groups in total. The fourth-order valence-corrected chi connectivity index (χ4v) is 10.0. The number of benzene rings is 10. The number of aliphatic hydroxyl groups is 2. The molecule has 0 radical (unpaired) electrons. The van der Waals surface area contributed by atoms with E-state index in [4.69, 9.17) is 9.47 Å². The molecular weight excluding hydrogens is 749 g/mol. The molecule has 0 fully saturated rings. The Morgan fingerprint density at radius 1 is 0.328 bits per heavy atom. The van der Waals surface area contributed by atoms with Crippen molar-refractivity contribution in [2.45, 2.75) is 5.41 Å². The highest BCUT2D eigenvalue weighted by molar-refractivity contribution is 6.06. The van der Waals surface area contributed by atoms with E-state index in [9.17, 15) is 10.2 Å². The van der Waals surface area contributed by atoms with Crippen molar-refractivity contribution in [1.29, 1.82) is 0 Å². The van der Waals surface area contributed by atoms with Crippen LogP contribution >= 0.6 is 0 Å². The van der Waals surface area contributed by atoms with Crippen molar-refractivity contribution in [3.05, 3.63) is 216 Å². The van der Waals surface area contributed by atoms with Crippen molar-refractivity contribution in [2.24, 2.45) is 0 Å². The van der Waals surface area contributed by atoms with Gasteiger partial charge in [-0.2, -0.15) is 0 Å². The van der Waals surface area contributed by atoms with Crippen LogP contribution in [-0.2, 0) is 5.41 Å². The van der Waals surface area contributed by atoms with Crippen LogP contribution in [0.3, 0.4) is 0 Å². The molecular formula is C57H42O4. The third-order valence-electron chi connectivity index (χ3n) is 12.5. The summed E-state index contributed by atoms with van der Waals surface area (Å²) in [5, 5.41) is 28.1. The highest BCUT2D eigenvalue weighted by Crippen LogP contribution is 2.62. The van der Waals surface area contributed by atoms with Gasteiger partial charge in [0.15, 0.2) is 0 Å². The Morgan fingerprint density at radius 2 is 0.689 bits per heavy atom. The zero-order valence-corrected chi connectivity index (χ0v) is 33.5. The lowest BCUT2D eigenvalue weighted by atomic mass is 9.64.